The highest BCUT2D eigenvalue weighted by Crippen LogP contribution is 2.34. The minimum absolute atomic E-state index is 0.158. The lowest BCUT2D eigenvalue weighted by Crippen LogP contribution is -2.37. The lowest BCUT2D eigenvalue weighted by Gasteiger charge is -2.14. The van der Waals surface area contributed by atoms with Crippen LogP contribution in [0.2, 0.25) is 0 Å². The molecule has 0 aliphatic rings. The average Bonchev–Trinajstić information content (AvgIpc) is 3.24. The van der Waals surface area contributed by atoms with Gasteiger partial charge in [-0.2, -0.15) is 0 Å². The molecule has 10 nitrogen and oxygen atoms in total. The van der Waals surface area contributed by atoms with Gasteiger partial charge in [0.25, 0.3) is 0 Å². The summed E-state index contributed by atoms with van der Waals surface area (Å²) in [5.74, 6) is 1.45. The van der Waals surface area contributed by atoms with Crippen molar-refractivity contribution < 1.29 is 14.3 Å². The zero-order valence-electron chi connectivity index (χ0n) is 20.3. The summed E-state index contributed by atoms with van der Waals surface area (Å²) in [4.78, 5) is 40.3. The minimum atomic E-state index is -0.492. The molecule has 1 amide bonds. The number of pyridine rings is 2. The fraction of sp³-hybridized carbons (Fsp3) is 0.375. The number of aromatic amines is 1. The smallest absolute Gasteiger partial charge is 0.407 e. The number of alkyl carbamates (subject to hydrolysis) is 1. The molecule has 0 radical (unpaired) electrons. The Kier molecular flexibility index (Phi) is 7.19. The Balaban J connectivity index is 1.99. The molecule has 3 rings (SSSR count). The van der Waals surface area contributed by atoms with Crippen molar-refractivity contribution in [1.82, 2.24) is 25.3 Å². The van der Waals surface area contributed by atoms with Crippen molar-refractivity contribution in [3.8, 4) is 22.5 Å². The summed E-state index contributed by atoms with van der Waals surface area (Å²) in [6.07, 6.45) is 2.83. The molecule has 0 spiro atoms. The highest BCUT2D eigenvalue weighted by atomic mass is 16.5. The number of Topliss-reactive ketones (excluding diaryl/α,β-unsaturated/α-hetero) is 1. The first-order valence-corrected chi connectivity index (χ1v) is 10.9. The monoisotopic (exact) mass is 465 g/mol. The highest BCUT2D eigenvalue weighted by molar-refractivity contribution is 5.99. The van der Waals surface area contributed by atoms with E-state index in [0.717, 1.165) is 17.1 Å². The Hall–Kier alpha value is -3.95. The number of nitrogens with one attached hydrogen (secondary N) is 3. The fourth-order valence-electron chi connectivity index (χ4n) is 3.28. The maximum absolute atomic E-state index is 12.0. The van der Waals surface area contributed by atoms with E-state index in [1.54, 1.807) is 18.5 Å². The quantitative estimate of drug-likeness (QED) is 0.385. The number of aromatic nitrogens is 4. The predicted octanol–water partition coefficient (Wildman–Crippen LogP) is 3.77. The Morgan fingerprint density at radius 2 is 1.94 bits per heavy atom. The standard InChI is InChI=1S/C24H31N7O3/c1-13(29-23(33)34-6)11-27-18-10-15(7-8-26-18)19-20(31-22(30-19)24(3,4)5)16-9-17(14(2)32)21(25)28-12-16/h7-10,12-13H,11H2,1-6H3,(H2,25,28)(H,26,27)(H,29,33)(H,30,31)/t13-/m0/s1. The van der Waals surface area contributed by atoms with E-state index < -0.39 is 6.09 Å². The van der Waals surface area contributed by atoms with Gasteiger partial charge >= 0.3 is 6.09 Å². The van der Waals surface area contributed by atoms with E-state index in [1.165, 1.54) is 14.0 Å². The summed E-state index contributed by atoms with van der Waals surface area (Å²) in [5, 5.41) is 5.92. The molecular weight excluding hydrogens is 434 g/mol. The van der Waals surface area contributed by atoms with Gasteiger partial charge in [-0.05, 0) is 32.0 Å². The van der Waals surface area contributed by atoms with Gasteiger partial charge in [-0.1, -0.05) is 20.8 Å². The Labute approximate surface area is 198 Å². The summed E-state index contributed by atoms with van der Waals surface area (Å²) in [5.41, 5.74) is 9.00. The van der Waals surface area contributed by atoms with E-state index in [2.05, 4.69) is 51.1 Å². The number of H-pyrrole nitrogens is 1. The van der Waals surface area contributed by atoms with Crippen LogP contribution in [0.1, 0.15) is 50.8 Å². The van der Waals surface area contributed by atoms with Crippen LogP contribution in [0.3, 0.4) is 0 Å². The van der Waals surface area contributed by atoms with Gasteiger partial charge < -0.3 is 26.1 Å². The molecular formula is C24H31N7O3. The molecule has 3 heterocycles. The number of hydrogen-bond donors (Lipinski definition) is 4. The zero-order valence-corrected chi connectivity index (χ0v) is 20.3. The van der Waals surface area contributed by atoms with E-state index >= 15 is 0 Å². The van der Waals surface area contributed by atoms with Crippen molar-refractivity contribution in [1.29, 1.82) is 0 Å². The molecule has 0 saturated heterocycles. The number of ketones is 1. The predicted molar refractivity (Wildman–Crippen MR) is 132 cm³/mol. The number of methoxy groups -OCH3 is 1. The summed E-state index contributed by atoms with van der Waals surface area (Å²) < 4.78 is 4.63. The molecule has 0 aliphatic heterocycles. The maximum atomic E-state index is 12.0. The number of carbonyl (C=O) groups excluding carboxylic acids is 2. The second kappa shape index (κ2) is 9.90. The number of anilines is 2. The molecule has 5 N–H and O–H groups in total. The third kappa shape index (κ3) is 5.69. The summed E-state index contributed by atoms with van der Waals surface area (Å²) in [7, 11) is 1.32. The first-order valence-electron chi connectivity index (χ1n) is 10.9. The lowest BCUT2D eigenvalue weighted by molar-refractivity contribution is 0.101. The lowest BCUT2D eigenvalue weighted by atomic mass is 9.96. The third-order valence-electron chi connectivity index (χ3n) is 5.17. The van der Waals surface area contributed by atoms with Crippen molar-refractivity contribution in [3.63, 3.8) is 0 Å². The van der Waals surface area contributed by atoms with Crippen LogP contribution >= 0.6 is 0 Å². The van der Waals surface area contributed by atoms with Crippen LogP contribution in [0.15, 0.2) is 30.6 Å². The molecule has 0 bridgehead atoms. The molecule has 0 unspecified atom stereocenters. The zero-order chi connectivity index (χ0) is 25.0. The van der Waals surface area contributed by atoms with Gasteiger partial charge in [-0.25, -0.2) is 19.7 Å². The molecule has 10 heteroatoms. The van der Waals surface area contributed by atoms with Crippen molar-refractivity contribution in [2.24, 2.45) is 0 Å². The normalized spacial score (nSPS) is 12.2. The number of hydrogen-bond acceptors (Lipinski definition) is 8. The number of imidazole rings is 1. The van der Waals surface area contributed by atoms with Crippen LogP contribution in [0.5, 0.6) is 0 Å². The summed E-state index contributed by atoms with van der Waals surface area (Å²) >= 11 is 0. The molecule has 1 atom stereocenters. The van der Waals surface area contributed by atoms with E-state index in [4.69, 9.17) is 10.7 Å². The molecule has 34 heavy (non-hydrogen) atoms. The van der Waals surface area contributed by atoms with Gasteiger partial charge in [0.2, 0.25) is 0 Å². The summed E-state index contributed by atoms with van der Waals surface area (Å²) in [6.45, 7) is 9.97. The van der Waals surface area contributed by atoms with Gasteiger partial charge in [-0.15, -0.1) is 0 Å². The van der Waals surface area contributed by atoms with Gasteiger partial charge in [0, 0.05) is 41.5 Å². The van der Waals surface area contributed by atoms with Crippen LogP contribution in [-0.2, 0) is 10.2 Å². The number of rotatable bonds is 7. The minimum Gasteiger partial charge on any atom is -0.453 e. The molecule has 0 saturated carbocycles. The van der Waals surface area contributed by atoms with E-state index in [9.17, 15) is 9.59 Å². The van der Waals surface area contributed by atoms with Gasteiger partial charge in [-0.3, -0.25) is 4.79 Å². The maximum Gasteiger partial charge on any atom is 0.407 e. The molecule has 3 aromatic heterocycles. The Bertz CT molecular complexity index is 1200. The van der Waals surface area contributed by atoms with Crippen LogP contribution in [0.4, 0.5) is 16.4 Å². The number of nitrogen functional groups attached to an aromatic ring is 1. The SMILES string of the molecule is COC(=O)N[C@@H](C)CNc1cc(-c2nc(C(C)(C)C)[nH]c2-c2cnc(N)c(C(C)=O)c2)ccn1. The fourth-order valence-corrected chi connectivity index (χ4v) is 3.28. The number of nitrogens with two attached hydrogens (primary N) is 1. The molecule has 3 aromatic rings. The third-order valence-corrected chi connectivity index (χ3v) is 5.17. The van der Waals surface area contributed by atoms with Gasteiger partial charge in [0.15, 0.2) is 5.78 Å². The van der Waals surface area contributed by atoms with E-state index in [0.29, 0.717) is 29.2 Å². The summed E-state index contributed by atoms with van der Waals surface area (Å²) in [6, 6.07) is 5.31. The Morgan fingerprint density at radius 1 is 1.21 bits per heavy atom. The molecule has 0 aliphatic carbocycles. The van der Waals surface area contributed by atoms with Gasteiger partial charge in [0.05, 0.1) is 24.1 Å². The largest absolute Gasteiger partial charge is 0.453 e. The van der Waals surface area contributed by atoms with Crippen LogP contribution in [-0.4, -0.2) is 51.5 Å². The van der Waals surface area contributed by atoms with Crippen LogP contribution in [0, 0.1) is 0 Å². The second-order valence-corrected chi connectivity index (χ2v) is 9.12. The topological polar surface area (TPSA) is 148 Å². The average molecular weight is 466 g/mol. The van der Waals surface area contributed by atoms with Crippen molar-refractivity contribution >= 4 is 23.5 Å². The molecule has 0 aromatic carbocycles. The van der Waals surface area contributed by atoms with E-state index in [-0.39, 0.29) is 23.1 Å². The number of nitrogens with zero attached hydrogens (tertiary/aromatic N) is 3. The first-order chi connectivity index (χ1) is 16.0. The highest BCUT2D eigenvalue weighted by Gasteiger charge is 2.23. The molecule has 0 fully saturated rings. The van der Waals surface area contributed by atoms with Crippen LogP contribution in [0.25, 0.3) is 22.5 Å². The first kappa shape index (κ1) is 24.7. The Morgan fingerprint density at radius 3 is 2.59 bits per heavy atom. The van der Waals surface area contributed by atoms with Crippen molar-refractivity contribution in [2.45, 2.75) is 46.1 Å². The number of ether oxygens (including phenoxy) is 1. The number of carbonyl (C=O) groups is 2. The number of amides is 1. The van der Waals surface area contributed by atoms with Crippen molar-refractivity contribution in [3.05, 3.63) is 42.0 Å². The van der Waals surface area contributed by atoms with E-state index in [1.807, 2.05) is 19.1 Å². The van der Waals surface area contributed by atoms with Crippen LogP contribution < -0.4 is 16.4 Å². The molecule has 180 valence electrons. The van der Waals surface area contributed by atoms with Crippen molar-refractivity contribution in [2.75, 3.05) is 24.7 Å². The second-order valence-electron chi connectivity index (χ2n) is 9.12. The van der Waals surface area contributed by atoms with Gasteiger partial charge in [0.1, 0.15) is 17.5 Å².